The second-order valence-corrected chi connectivity index (χ2v) is 8.44. The maximum atomic E-state index is 12.5. The molecule has 0 fully saturated rings. The Morgan fingerprint density at radius 3 is 2.68 bits per heavy atom. The van der Waals surface area contributed by atoms with E-state index in [0.717, 1.165) is 25.2 Å². The Bertz CT molecular complexity index is 685. The molecule has 2 aromatic heterocycles. The van der Waals surface area contributed by atoms with Gasteiger partial charge in [0.05, 0.1) is 21.6 Å². The Hall–Kier alpha value is -0.920. The predicted molar refractivity (Wildman–Crippen MR) is 95.8 cm³/mol. The SMILES string of the molecule is CSc1nc(C(C)C)nc(C)c1C(=O)NCc1ccc(Br)s1. The molecule has 2 aromatic rings. The third-order valence-corrected chi connectivity index (χ3v) is 5.37. The number of halogens is 1. The number of hydrogen-bond donors (Lipinski definition) is 1. The normalized spacial score (nSPS) is 11.0. The van der Waals surface area contributed by atoms with Crippen LogP contribution in [0.3, 0.4) is 0 Å². The molecule has 118 valence electrons. The molecule has 1 amide bonds. The van der Waals surface area contributed by atoms with Crippen LogP contribution in [0.2, 0.25) is 0 Å². The molecule has 0 unspecified atom stereocenters. The van der Waals surface area contributed by atoms with Gasteiger partial charge in [0.15, 0.2) is 0 Å². The first-order valence-electron chi connectivity index (χ1n) is 6.87. The molecule has 0 saturated heterocycles. The number of thioether (sulfide) groups is 1. The maximum Gasteiger partial charge on any atom is 0.256 e. The van der Waals surface area contributed by atoms with Crippen LogP contribution in [0.1, 0.15) is 46.5 Å². The van der Waals surface area contributed by atoms with Gasteiger partial charge in [-0.25, -0.2) is 9.97 Å². The van der Waals surface area contributed by atoms with Gasteiger partial charge < -0.3 is 5.32 Å². The summed E-state index contributed by atoms with van der Waals surface area (Å²) in [5, 5.41) is 3.69. The van der Waals surface area contributed by atoms with Gasteiger partial charge >= 0.3 is 0 Å². The lowest BCUT2D eigenvalue weighted by Gasteiger charge is -2.13. The summed E-state index contributed by atoms with van der Waals surface area (Å²) in [6, 6.07) is 3.97. The molecule has 7 heteroatoms. The lowest BCUT2D eigenvalue weighted by atomic mass is 10.1. The number of aromatic nitrogens is 2. The van der Waals surface area contributed by atoms with E-state index >= 15 is 0 Å². The van der Waals surface area contributed by atoms with Gasteiger partial charge in [-0.05, 0) is 41.2 Å². The van der Waals surface area contributed by atoms with Crippen LogP contribution in [0.4, 0.5) is 0 Å². The molecule has 0 aliphatic rings. The number of hydrogen-bond acceptors (Lipinski definition) is 5. The second-order valence-electron chi connectivity index (χ2n) is 5.09. The Labute approximate surface area is 147 Å². The summed E-state index contributed by atoms with van der Waals surface area (Å²) in [4.78, 5) is 22.6. The number of amides is 1. The highest BCUT2D eigenvalue weighted by molar-refractivity contribution is 9.11. The first-order valence-corrected chi connectivity index (χ1v) is 9.70. The fraction of sp³-hybridized carbons (Fsp3) is 0.400. The molecule has 0 atom stereocenters. The van der Waals surface area contributed by atoms with Gasteiger partial charge in [-0.15, -0.1) is 23.1 Å². The van der Waals surface area contributed by atoms with E-state index in [-0.39, 0.29) is 11.8 Å². The van der Waals surface area contributed by atoms with Crippen molar-refractivity contribution in [1.29, 1.82) is 0 Å². The highest BCUT2D eigenvalue weighted by Crippen LogP contribution is 2.24. The lowest BCUT2D eigenvalue weighted by Crippen LogP contribution is -2.25. The van der Waals surface area contributed by atoms with Crippen molar-refractivity contribution in [3.05, 3.63) is 37.9 Å². The standard InChI is InChI=1S/C15H18BrN3OS2/c1-8(2)13-18-9(3)12(15(19-13)21-4)14(20)17-7-10-5-6-11(16)22-10/h5-6,8H,7H2,1-4H3,(H,17,20). The summed E-state index contributed by atoms with van der Waals surface area (Å²) in [6.07, 6.45) is 1.93. The van der Waals surface area contributed by atoms with Gasteiger partial charge in [0.1, 0.15) is 10.9 Å². The maximum absolute atomic E-state index is 12.5. The number of aryl methyl sites for hydroxylation is 1. The van der Waals surface area contributed by atoms with E-state index in [1.807, 2.05) is 39.2 Å². The summed E-state index contributed by atoms with van der Waals surface area (Å²) >= 11 is 6.51. The first-order chi connectivity index (χ1) is 10.4. The Balaban J connectivity index is 2.21. The van der Waals surface area contributed by atoms with Gasteiger partial charge in [0.2, 0.25) is 0 Å². The summed E-state index contributed by atoms with van der Waals surface area (Å²) < 4.78 is 1.06. The minimum atomic E-state index is -0.123. The molecule has 0 bridgehead atoms. The molecule has 0 spiro atoms. The lowest BCUT2D eigenvalue weighted by molar-refractivity contribution is 0.0946. The van der Waals surface area contributed by atoms with E-state index in [1.54, 1.807) is 11.3 Å². The van der Waals surface area contributed by atoms with Gasteiger partial charge in [0.25, 0.3) is 5.91 Å². The van der Waals surface area contributed by atoms with E-state index in [2.05, 4.69) is 31.2 Å². The number of carbonyl (C=O) groups excluding carboxylic acids is 1. The van der Waals surface area contributed by atoms with Crippen molar-refractivity contribution in [2.45, 2.75) is 38.3 Å². The first kappa shape index (κ1) is 17.4. The van der Waals surface area contributed by atoms with E-state index in [1.165, 1.54) is 11.8 Å². The highest BCUT2D eigenvalue weighted by atomic mass is 79.9. The van der Waals surface area contributed by atoms with Crippen LogP contribution in [0, 0.1) is 6.92 Å². The molecule has 22 heavy (non-hydrogen) atoms. The van der Waals surface area contributed by atoms with Crippen LogP contribution in [0.25, 0.3) is 0 Å². The van der Waals surface area contributed by atoms with Crippen LogP contribution >= 0.6 is 39.0 Å². The molecule has 0 saturated carbocycles. The highest BCUT2D eigenvalue weighted by Gasteiger charge is 2.19. The second kappa shape index (κ2) is 7.57. The molecule has 0 aromatic carbocycles. The van der Waals surface area contributed by atoms with E-state index in [0.29, 0.717) is 12.1 Å². The molecule has 2 rings (SSSR count). The van der Waals surface area contributed by atoms with Crippen LogP contribution in [-0.2, 0) is 6.54 Å². The number of rotatable bonds is 5. The summed E-state index contributed by atoms with van der Waals surface area (Å²) in [7, 11) is 0. The quantitative estimate of drug-likeness (QED) is 0.598. The van der Waals surface area contributed by atoms with Gasteiger partial charge in [-0.2, -0.15) is 0 Å². The Morgan fingerprint density at radius 1 is 1.41 bits per heavy atom. The molecule has 2 heterocycles. The molecule has 0 aliphatic heterocycles. The minimum absolute atomic E-state index is 0.123. The minimum Gasteiger partial charge on any atom is -0.347 e. The van der Waals surface area contributed by atoms with E-state index in [9.17, 15) is 4.79 Å². The van der Waals surface area contributed by atoms with E-state index < -0.39 is 0 Å². The fourth-order valence-corrected chi connectivity index (χ4v) is 3.99. The molecular formula is C15H18BrN3OS2. The Morgan fingerprint density at radius 2 is 2.14 bits per heavy atom. The van der Waals surface area contributed by atoms with Crippen molar-refractivity contribution in [2.75, 3.05) is 6.26 Å². The average molecular weight is 400 g/mol. The van der Waals surface area contributed by atoms with Gasteiger partial charge in [-0.1, -0.05) is 13.8 Å². The van der Waals surface area contributed by atoms with Gasteiger partial charge in [-0.3, -0.25) is 4.79 Å². The zero-order chi connectivity index (χ0) is 16.3. The number of nitrogens with one attached hydrogen (secondary N) is 1. The van der Waals surface area contributed by atoms with Crippen molar-refractivity contribution < 1.29 is 4.79 Å². The largest absolute Gasteiger partial charge is 0.347 e. The van der Waals surface area contributed by atoms with Crippen molar-refractivity contribution in [2.24, 2.45) is 0 Å². The van der Waals surface area contributed by atoms with Crippen LogP contribution in [0.15, 0.2) is 20.9 Å². The van der Waals surface area contributed by atoms with Crippen molar-refractivity contribution in [3.8, 4) is 0 Å². The predicted octanol–water partition coefficient (Wildman–Crippen LogP) is 4.38. The van der Waals surface area contributed by atoms with Crippen molar-refractivity contribution >= 4 is 44.9 Å². The molecule has 1 N–H and O–H groups in total. The van der Waals surface area contributed by atoms with Crippen LogP contribution in [0.5, 0.6) is 0 Å². The summed E-state index contributed by atoms with van der Waals surface area (Å²) in [5.41, 5.74) is 1.31. The Kier molecular flexibility index (Phi) is 6.00. The van der Waals surface area contributed by atoms with Gasteiger partial charge in [0, 0.05) is 10.8 Å². The van der Waals surface area contributed by atoms with E-state index in [4.69, 9.17) is 0 Å². The molecule has 4 nitrogen and oxygen atoms in total. The zero-order valence-corrected chi connectivity index (χ0v) is 16.2. The molecule has 0 aliphatic carbocycles. The fourth-order valence-electron chi connectivity index (χ4n) is 1.94. The smallest absolute Gasteiger partial charge is 0.256 e. The summed E-state index contributed by atoms with van der Waals surface area (Å²) in [6.45, 7) is 6.47. The van der Waals surface area contributed by atoms with Crippen molar-refractivity contribution in [3.63, 3.8) is 0 Å². The van der Waals surface area contributed by atoms with Crippen LogP contribution in [-0.4, -0.2) is 22.1 Å². The monoisotopic (exact) mass is 399 g/mol. The number of carbonyl (C=O) groups is 1. The average Bonchev–Trinajstić information content (AvgIpc) is 2.89. The number of nitrogens with zero attached hydrogens (tertiary/aromatic N) is 2. The topological polar surface area (TPSA) is 54.9 Å². The third kappa shape index (κ3) is 4.08. The third-order valence-electron chi connectivity index (χ3n) is 3.06. The molecular weight excluding hydrogens is 382 g/mol. The summed E-state index contributed by atoms with van der Waals surface area (Å²) in [5.74, 6) is 0.896. The van der Waals surface area contributed by atoms with Crippen LogP contribution < -0.4 is 5.32 Å². The molecule has 0 radical (unpaired) electrons. The number of thiophene rings is 1. The van der Waals surface area contributed by atoms with Crippen molar-refractivity contribution in [1.82, 2.24) is 15.3 Å². The zero-order valence-electron chi connectivity index (χ0n) is 12.9.